The van der Waals surface area contributed by atoms with Gasteiger partial charge in [0.15, 0.2) is 0 Å². The quantitative estimate of drug-likeness (QED) is 0.0453. The molecule has 3 amide bonds. The molecule has 0 bridgehead atoms. The summed E-state index contributed by atoms with van der Waals surface area (Å²) in [7, 11) is 0. The van der Waals surface area contributed by atoms with E-state index in [2.05, 4.69) is 16.0 Å². The van der Waals surface area contributed by atoms with E-state index in [0.29, 0.717) is 97.4 Å². The molecule has 238 valence electrons. The molecule has 0 aromatic carbocycles. The van der Waals surface area contributed by atoms with Crippen LogP contribution in [-0.2, 0) is 24.0 Å². The maximum Gasteiger partial charge on any atom is 0.221 e. The highest BCUT2D eigenvalue weighted by Crippen LogP contribution is 2.05. The highest BCUT2D eigenvalue weighted by atomic mass is 16.3. The first-order valence-corrected chi connectivity index (χ1v) is 14.6. The van der Waals surface area contributed by atoms with E-state index >= 15 is 0 Å². The molecule has 0 saturated heterocycles. The predicted molar refractivity (Wildman–Crippen MR) is 156 cm³/mol. The van der Waals surface area contributed by atoms with Crippen molar-refractivity contribution < 1.29 is 34.2 Å². The van der Waals surface area contributed by atoms with Crippen LogP contribution in [0.25, 0.3) is 0 Å². The zero-order valence-corrected chi connectivity index (χ0v) is 24.5. The molecule has 0 aliphatic rings. The second kappa shape index (κ2) is 26.4. The molecule has 0 heterocycles. The molecule has 0 aromatic heterocycles. The number of aliphatic hydroxyl groups excluding tert-OH is 2. The van der Waals surface area contributed by atoms with Crippen molar-refractivity contribution in [3.05, 3.63) is 0 Å². The first-order chi connectivity index (χ1) is 19.7. The number of nitrogens with one attached hydrogen (secondary N) is 3. The van der Waals surface area contributed by atoms with Crippen LogP contribution in [0.5, 0.6) is 0 Å². The molecule has 41 heavy (non-hydrogen) atoms. The third-order valence-corrected chi connectivity index (χ3v) is 6.32. The van der Waals surface area contributed by atoms with Gasteiger partial charge in [-0.15, -0.1) is 0 Å². The monoisotopic (exact) mass is 587 g/mol. The van der Waals surface area contributed by atoms with Gasteiger partial charge in [-0.25, -0.2) is 0 Å². The molecular formula is C27H53N7O7. The molecule has 0 saturated carbocycles. The predicted octanol–water partition coefficient (Wildman–Crippen LogP) is -2.51. The lowest BCUT2D eigenvalue weighted by molar-refractivity contribution is -0.122. The Morgan fingerprint density at radius 1 is 0.561 bits per heavy atom. The molecule has 0 spiro atoms. The van der Waals surface area contributed by atoms with Crippen LogP contribution in [0, 0.1) is 0 Å². The lowest BCUT2D eigenvalue weighted by Gasteiger charge is -2.22. The van der Waals surface area contributed by atoms with Crippen molar-refractivity contribution in [1.82, 2.24) is 25.8 Å². The van der Waals surface area contributed by atoms with Gasteiger partial charge >= 0.3 is 0 Å². The van der Waals surface area contributed by atoms with Gasteiger partial charge < -0.3 is 47.4 Å². The highest BCUT2D eigenvalue weighted by Gasteiger charge is 2.14. The second-order valence-electron chi connectivity index (χ2n) is 9.87. The van der Waals surface area contributed by atoms with E-state index in [1.165, 1.54) is 0 Å². The number of ketones is 2. The fourth-order valence-corrected chi connectivity index (χ4v) is 4.00. The zero-order chi connectivity index (χ0) is 30.7. The van der Waals surface area contributed by atoms with E-state index in [9.17, 15) is 24.0 Å². The minimum absolute atomic E-state index is 0.0988. The second-order valence-corrected chi connectivity index (χ2v) is 9.87. The molecule has 0 unspecified atom stereocenters. The lowest BCUT2D eigenvalue weighted by atomic mass is 10.1. The number of rotatable bonds is 29. The Hall–Kier alpha value is -2.49. The zero-order valence-electron chi connectivity index (χ0n) is 24.5. The van der Waals surface area contributed by atoms with E-state index < -0.39 is 0 Å². The third-order valence-electron chi connectivity index (χ3n) is 6.32. The van der Waals surface area contributed by atoms with E-state index in [0.717, 1.165) is 0 Å². The summed E-state index contributed by atoms with van der Waals surface area (Å²) in [6.45, 7) is 4.72. The van der Waals surface area contributed by atoms with Gasteiger partial charge in [0.25, 0.3) is 0 Å². The van der Waals surface area contributed by atoms with E-state index in [1.54, 1.807) is 0 Å². The summed E-state index contributed by atoms with van der Waals surface area (Å²) in [6, 6.07) is 0. The lowest BCUT2D eigenvalue weighted by Crippen LogP contribution is -2.36. The number of primary amides is 1. The minimum atomic E-state index is -0.359. The van der Waals surface area contributed by atoms with Crippen LogP contribution >= 0.6 is 0 Å². The van der Waals surface area contributed by atoms with Crippen molar-refractivity contribution in [2.24, 2.45) is 11.5 Å². The normalized spacial score (nSPS) is 11.1. The number of Topliss-reactive ketones (excluding diaryl/α,β-unsaturated/α-hetero) is 2. The molecule has 14 nitrogen and oxygen atoms in total. The molecule has 0 rings (SSSR count). The highest BCUT2D eigenvalue weighted by molar-refractivity contribution is 5.79. The Balaban J connectivity index is 4.43. The Morgan fingerprint density at radius 2 is 1.05 bits per heavy atom. The van der Waals surface area contributed by atoms with Gasteiger partial charge in [0, 0.05) is 104 Å². The first kappa shape index (κ1) is 38.5. The summed E-state index contributed by atoms with van der Waals surface area (Å²) < 4.78 is 0. The van der Waals surface area contributed by atoms with Crippen LogP contribution in [0.4, 0.5) is 0 Å². The van der Waals surface area contributed by atoms with Gasteiger partial charge in [0.1, 0.15) is 11.6 Å². The number of nitrogens with two attached hydrogens (primary N) is 2. The Morgan fingerprint density at radius 3 is 1.54 bits per heavy atom. The fourth-order valence-electron chi connectivity index (χ4n) is 4.00. The van der Waals surface area contributed by atoms with Gasteiger partial charge in [0.2, 0.25) is 17.7 Å². The van der Waals surface area contributed by atoms with Crippen molar-refractivity contribution in [2.75, 3.05) is 85.2 Å². The smallest absolute Gasteiger partial charge is 0.221 e. The topological polar surface area (TPSA) is 220 Å². The van der Waals surface area contributed by atoms with Gasteiger partial charge in [-0.3, -0.25) is 24.0 Å². The van der Waals surface area contributed by atoms with Crippen LogP contribution < -0.4 is 27.4 Å². The summed E-state index contributed by atoms with van der Waals surface area (Å²) >= 11 is 0. The average molecular weight is 588 g/mol. The standard InChI is InChI=1S/C27H53N7O7/c28-10-20-34(16-6-23(37)3-1-11-30-12-5-25(29)39)17-7-24(38)4-2-15-33(18-8-26(40)31-13-21-35)19-9-27(41)32-14-22-36/h30,35-36H,1-22,28H2,(H2,29,39)(H,31,40)(H,32,41). The Bertz CT molecular complexity index is 732. The van der Waals surface area contributed by atoms with E-state index in [-0.39, 0.29) is 74.9 Å². The van der Waals surface area contributed by atoms with Crippen LogP contribution in [0.1, 0.15) is 57.8 Å². The van der Waals surface area contributed by atoms with Gasteiger partial charge in [0.05, 0.1) is 13.2 Å². The van der Waals surface area contributed by atoms with Gasteiger partial charge in [-0.2, -0.15) is 0 Å². The number of amides is 3. The largest absolute Gasteiger partial charge is 0.395 e. The SMILES string of the molecule is NCCN(CCC(=O)CCCNCCC(N)=O)CCC(=O)CCCN(CCC(=O)NCCO)CCC(=O)NCCO. The van der Waals surface area contributed by atoms with Crippen molar-refractivity contribution >= 4 is 29.3 Å². The maximum atomic E-state index is 12.6. The van der Waals surface area contributed by atoms with Crippen molar-refractivity contribution in [3.8, 4) is 0 Å². The number of hydrogen-bond acceptors (Lipinski definition) is 11. The van der Waals surface area contributed by atoms with Crippen molar-refractivity contribution in [3.63, 3.8) is 0 Å². The fraction of sp³-hybridized carbons (Fsp3) is 0.815. The number of aliphatic hydroxyl groups is 2. The van der Waals surface area contributed by atoms with Crippen molar-refractivity contribution in [2.45, 2.75) is 57.8 Å². The van der Waals surface area contributed by atoms with Crippen LogP contribution in [-0.4, -0.2) is 135 Å². The van der Waals surface area contributed by atoms with Crippen LogP contribution in [0.15, 0.2) is 0 Å². The molecule has 9 N–H and O–H groups in total. The first-order valence-electron chi connectivity index (χ1n) is 14.6. The van der Waals surface area contributed by atoms with E-state index in [1.807, 2.05) is 9.80 Å². The molecule has 0 aliphatic heterocycles. The van der Waals surface area contributed by atoms with Gasteiger partial charge in [-0.1, -0.05) is 0 Å². The number of hydrogen-bond donors (Lipinski definition) is 7. The Kier molecular flexibility index (Phi) is 24.8. The van der Waals surface area contributed by atoms with E-state index in [4.69, 9.17) is 21.7 Å². The summed E-state index contributed by atoms with van der Waals surface area (Å²) in [5, 5.41) is 26.0. The molecule has 0 fully saturated rings. The third kappa shape index (κ3) is 25.0. The molecule has 0 atom stereocenters. The average Bonchev–Trinajstić information content (AvgIpc) is 2.94. The number of nitrogens with zero attached hydrogens (tertiary/aromatic N) is 2. The Labute approximate surface area is 243 Å². The number of carbonyl (C=O) groups is 5. The molecule has 0 aromatic rings. The maximum absolute atomic E-state index is 12.6. The van der Waals surface area contributed by atoms with Crippen LogP contribution in [0.3, 0.4) is 0 Å². The molecule has 0 radical (unpaired) electrons. The summed E-state index contributed by atoms with van der Waals surface area (Å²) in [5.74, 6) is -0.505. The van der Waals surface area contributed by atoms with Gasteiger partial charge in [-0.05, 0) is 25.9 Å². The van der Waals surface area contributed by atoms with Crippen LogP contribution in [0.2, 0.25) is 0 Å². The van der Waals surface area contributed by atoms with Crippen molar-refractivity contribution in [1.29, 1.82) is 0 Å². The number of carbonyl (C=O) groups excluding carboxylic acids is 5. The molecule has 14 heteroatoms. The summed E-state index contributed by atoms with van der Waals surface area (Å²) in [5.41, 5.74) is 10.8. The minimum Gasteiger partial charge on any atom is -0.395 e. The summed E-state index contributed by atoms with van der Waals surface area (Å²) in [6.07, 6.45) is 3.52. The molecule has 0 aliphatic carbocycles. The molecular weight excluding hydrogens is 534 g/mol. The summed E-state index contributed by atoms with van der Waals surface area (Å²) in [4.78, 5) is 63.3.